The van der Waals surface area contributed by atoms with Gasteiger partial charge in [-0.3, -0.25) is 19.0 Å². The van der Waals surface area contributed by atoms with Gasteiger partial charge >= 0.3 is 0 Å². The third-order valence-electron chi connectivity index (χ3n) is 4.60. The quantitative estimate of drug-likeness (QED) is 0.525. The molecule has 0 radical (unpaired) electrons. The highest BCUT2D eigenvalue weighted by Crippen LogP contribution is 2.30. The third kappa shape index (κ3) is 2.73. The van der Waals surface area contributed by atoms with Crippen molar-refractivity contribution >= 4 is 28.5 Å². The normalized spacial score (nSPS) is 10.8. The van der Waals surface area contributed by atoms with Gasteiger partial charge in [0.05, 0.1) is 16.6 Å². The van der Waals surface area contributed by atoms with Gasteiger partial charge < -0.3 is 21.9 Å². The van der Waals surface area contributed by atoms with Gasteiger partial charge in [0.25, 0.3) is 17.4 Å². The Morgan fingerprint density at radius 3 is 2.46 bits per heavy atom. The number of phenols is 1. The average Bonchev–Trinajstić information content (AvgIpc) is 2.66. The van der Waals surface area contributed by atoms with Crippen molar-refractivity contribution in [1.82, 2.24) is 14.9 Å². The minimum atomic E-state index is -0.895. The number of aromatic hydroxyl groups is 1. The van der Waals surface area contributed by atoms with Gasteiger partial charge in [-0.25, -0.2) is 4.98 Å². The molecule has 0 saturated heterocycles. The molecular weight excluding hydrogens is 362 g/mol. The first-order chi connectivity index (χ1) is 13.2. The molecule has 0 spiro atoms. The van der Waals surface area contributed by atoms with Gasteiger partial charge in [-0.1, -0.05) is 6.07 Å². The molecule has 9 nitrogen and oxygen atoms in total. The molecule has 0 aliphatic heterocycles. The second-order valence-electron chi connectivity index (χ2n) is 6.31. The number of nitrogens with one attached hydrogen (secondary N) is 1. The Labute approximate surface area is 159 Å². The maximum absolute atomic E-state index is 13.2. The van der Waals surface area contributed by atoms with Crippen LogP contribution in [0.25, 0.3) is 16.6 Å². The molecular formula is C19H19N5O4. The Hall–Kier alpha value is -3.88. The highest BCUT2D eigenvalue weighted by Gasteiger charge is 2.23. The molecule has 144 valence electrons. The van der Waals surface area contributed by atoms with Crippen molar-refractivity contribution in [3.8, 4) is 11.4 Å². The van der Waals surface area contributed by atoms with E-state index in [1.807, 2.05) is 0 Å². The van der Waals surface area contributed by atoms with Crippen LogP contribution in [0.5, 0.6) is 5.75 Å². The third-order valence-corrected chi connectivity index (χ3v) is 4.60. The minimum Gasteiger partial charge on any atom is -0.508 e. The summed E-state index contributed by atoms with van der Waals surface area (Å²) in [5, 5.41) is 12.6. The molecule has 3 aromatic rings. The van der Waals surface area contributed by atoms with Crippen molar-refractivity contribution in [2.45, 2.75) is 13.8 Å². The van der Waals surface area contributed by atoms with Gasteiger partial charge in [0.2, 0.25) is 0 Å². The number of rotatable bonds is 3. The second-order valence-corrected chi connectivity index (χ2v) is 6.31. The molecule has 2 amide bonds. The number of aryl methyl sites for hydroxylation is 1. The molecule has 2 heterocycles. The number of hydrogen-bond donors (Lipinski definition) is 4. The molecule has 2 aromatic heterocycles. The summed E-state index contributed by atoms with van der Waals surface area (Å²) in [6.45, 7) is 3.37. The number of pyridine rings is 2. The number of nitrogens with zero attached hydrogens (tertiary/aromatic N) is 2. The van der Waals surface area contributed by atoms with Crippen molar-refractivity contribution < 1.29 is 14.7 Å². The smallest absolute Gasteiger partial charge is 0.269 e. The van der Waals surface area contributed by atoms with Gasteiger partial charge in [-0.2, -0.15) is 0 Å². The Kier molecular flexibility index (Phi) is 4.52. The Morgan fingerprint density at radius 1 is 1.18 bits per heavy atom. The zero-order valence-corrected chi connectivity index (χ0v) is 15.5. The lowest BCUT2D eigenvalue weighted by atomic mass is 10.1. The molecule has 0 atom stereocenters. The first-order valence-electron chi connectivity index (χ1n) is 8.35. The lowest BCUT2D eigenvalue weighted by molar-refractivity contribution is 0.0956. The molecule has 0 bridgehead atoms. The SMILES string of the molecule is CNC(=O)c1ccc2c(=O)n(-c3c(C)ccc(O)c3C)c(N)c(C(N)=O)c2n1. The van der Waals surface area contributed by atoms with Crippen molar-refractivity contribution in [3.05, 3.63) is 57.0 Å². The van der Waals surface area contributed by atoms with Crippen LogP contribution in [0.2, 0.25) is 0 Å². The van der Waals surface area contributed by atoms with E-state index in [0.29, 0.717) is 16.8 Å². The van der Waals surface area contributed by atoms with E-state index in [0.717, 1.165) is 4.57 Å². The van der Waals surface area contributed by atoms with E-state index in [9.17, 15) is 19.5 Å². The monoisotopic (exact) mass is 381 g/mol. The highest BCUT2D eigenvalue weighted by molar-refractivity contribution is 6.09. The fraction of sp³-hybridized carbons (Fsp3) is 0.158. The number of benzene rings is 1. The van der Waals surface area contributed by atoms with E-state index in [-0.39, 0.29) is 33.7 Å². The summed E-state index contributed by atoms with van der Waals surface area (Å²) in [6, 6.07) is 5.90. The Morgan fingerprint density at radius 2 is 1.86 bits per heavy atom. The minimum absolute atomic E-state index is 0.0127. The maximum Gasteiger partial charge on any atom is 0.269 e. The van der Waals surface area contributed by atoms with E-state index in [1.54, 1.807) is 19.9 Å². The number of fused-ring (bicyclic) bond motifs is 1. The topological polar surface area (TPSA) is 153 Å². The van der Waals surface area contributed by atoms with E-state index in [4.69, 9.17) is 11.5 Å². The predicted molar refractivity (Wildman–Crippen MR) is 105 cm³/mol. The van der Waals surface area contributed by atoms with Crippen molar-refractivity contribution in [3.63, 3.8) is 0 Å². The number of hydrogen-bond acceptors (Lipinski definition) is 6. The van der Waals surface area contributed by atoms with Crippen LogP contribution in [-0.4, -0.2) is 33.5 Å². The maximum atomic E-state index is 13.2. The van der Waals surface area contributed by atoms with Crippen molar-refractivity contribution in [2.24, 2.45) is 5.73 Å². The van der Waals surface area contributed by atoms with Crippen LogP contribution < -0.4 is 22.3 Å². The highest BCUT2D eigenvalue weighted by atomic mass is 16.3. The second kappa shape index (κ2) is 6.69. The van der Waals surface area contributed by atoms with Gasteiger partial charge in [0, 0.05) is 12.6 Å². The zero-order chi connectivity index (χ0) is 20.7. The van der Waals surface area contributed by atoms with Crippen molar-refractivity contribution in [1.29, 1.82) is 0 Å². The molecule has 1 aromatic carbocycles. The number of carbonyl (C=O) groups excluding carboxylic acids is 2. The van der Waals surface area contributed by atoms with Crippen LogP contribution in [0.1, 0.15) is 32.0 Å². The molecule has 0 unspecified atom stereocenters. The number of carbonyl (C=O) groups is 2. The summed E-state index contributed by atoms with van der Waals surface area (Å²) in [7, 11) is 1.43. The molecule has 6 N–H and O–H groups in total. The van der Waals surface area contributed by atoms with E-state index < -0.39 is 17.4 Å². The van der Waals surface area contributed by atoms with Crippen LogP contribution in [0.3, 0.4) is 0 Å². The molecule has 0 saturated carbocycles. The number of amides is 2. The first kappa shape index (κ1) is 18.9. The predicted octanol–water partition coefficient (Wildman–Crippen LogP) is 0.749. The Balaban J connectivity index is 2.52. The van der Waals surface area contributed by atoms with E-state index in [1.165, 1.54) is 25.2 Å². The lowest BCUT2D eigenvalue weighted by Crippen LogP contribution is -2.29. The fourth-order valence-electron chi connectivity index (χ4n) is 3.17. The summed E-state index contributed by atoms with van der Waals surface area (Å²) in [5.74, 6) is -1.63. The van der Waals surface area contributed by atoms with E-state index in [2.05, 4.69) is 10.3 Å². The van der Waals surface area contributed by atoms with Crippen LogP contribution in [0.15, 0.2) is 29.1 Å². The standard InChI is InChI=1S/C19H19N5O4/c1-8-4-7-12(25)9(2)15(8)24-16(20)13(17(21)26)14-10(19(24)28)5-6-11(23-14)18(27)22-3/h4-7,25H,20H2,1-3H3,(H2,21,26)(H,22,27). The van der Waals surface area contributed by atoms with Gasteiger partial charge in [-0.05, 0) is 37.6 Å². The van der Waals surface area contributed by atoms with Crippen molar-refractivity contribution in [2.75, 3.05) is 12.8 Å². The summed E-state index contributed by atoms with van der Waals surface area (Å²) < 4.78 is 1.13. The molecule has 28 heavy (non-hydrogen) atoms. The fourth-order valence-corrected chi connectivity index (χ4v) is 3.17. The zero-order valence-electron chi connectivity index (χ0n) is 15.5. The first-order valence-corrected chi connectivity index (χ1v) is 8.35. The van der Waals surface area contributed by atoms with Crippen LogP contribution in [0, 0.1) is 13.8 Å². The molecule has 0 aliphatic carbocycles. The summed E-state index contributed by atoms with van der Waals surface area (Å²) in [6.07, 6.45) is 0. The molecule has 0 fully saturated rings. The summed E-state index contributed by atoms with van der Waals surface area (Å²) in [4.78, 5) is 41.4. The number of nitrogens with two attached hydrogens (primary N) is 2. The number of phenolic OH excluding ortho intramolecular Hbond substituents is 1. The number of primary amides is 1. The summed E-state index contributed by atoms with van der Waals surface area (Å²) in [5.41, 5.74) is 12.3. The molecule has 3 rings (SSSR count). The number of nitrogen functional groups attached to an aromatic ring is 1. The molecule has 0 aliphatic rings. The van der Waals surface area contributed by atoms with E-state index >= 15 is 0 Å². The van der Waals surface area contributed by atoms with Gasteiger partial charge in [-0.15, -0.1) is 0 Å². The molecule has 9 heteroatoms. The Bertz CT molecular complexity index is 1210. The summed E-state index contributed by atoms with van der Waals surface area (Å²) >= 11 is 0. The van der Waals surface area contributed by atoms with Crippen LogP contribution >= 0.6 is 0 Å². The van der Waals surface area contributed by atoms with Gasteiger partial charge in [0.1, 0.15) is 22.8 Å². The average molecular weight is 381 g/mol. The number of anilines is 1. The number of aromatic nitrogens is 2. The van der Waals surface area contributed by atoms with Crippen LogP contribution in [-0.2, 0) is 0 Å². The largest absolute Gasteiger partial charge is 0.508 e. The lowest BCUT2D eigenvalue weighted by Gasteiger charge is -2.19. The van der Waals surface area contributed by atoms with Crippen LogP contribution in [0.4, 0.5) is 5.82 Å². The van der Waals surface area contributed by atoms with Gasteiger partial charge in [0.15, 0.2) is 0 Å².